The van der Waals surface area contributed by atoms with Crippen LogP contribution in [0.25, 0.3) is 28.2 Å². The number of nitrogens with zero attached hydrogens (tertiary/aromatic N) is 4. The molecule has 0 radical (unpaired) electrons. The average molecular weight is 656 g/mol. The highest BCUT2D eigenvalue weighted by Crippen LogP contribution is 2.51. The van der Waals surface area contributed by atoms with Crippen LogP contribution >= 0.6 is 11.8 Å². The van der Waals surface area contributed by atoms with E-state index in [1.807, 2.05) is 43.6 Å². The number of methoxy groups -OCH3 is 1. The average Bonchev–Trinajstić information content (AvgIpc) is 3.62. The lowest BCUT2D eigenvalue weighted by molar-refractivity contribution is -0.125. The predicted molar refractivity (Wildman–Crippen MR) is 193 cm³/mol. The van der Waals surface area contributed by atoms with Gasteiger partial charge in [0.15, 0.2) is 5.16 Å². The Labute approximate surface area is 286 Å². The normalized spacial score (nSPS) is 14.6. The SMILES string of the molecule is COC1=CC=C(CCNC(=O)C2(CCCCCSc3nccc(-c4c(C)nc5ccccn45)n3)c3ccccc3-c3ccccc32)CC1. The Bertz CT molecular complexity index is 1970. The molecule has 0 aliphatic heterocycles. The van der Waals surface area contributed by atoms with Gasteiger partial charge in [-0.25, -0.2) is 15.0 Å². The van der Waals surface area contributed by atoms with Crippen molar-refractivity contribution in [3.05, 3.63) is 125 Å². The molecule has 3 aromatic heterocycles. The van der Waals surface area contributed by atoms with Crippen LogP contribution in [0.1, 0.15) is 61.8 Å². The predicted octanol–water partition coefficient (Wildman–Crippen LogP) is 8.48. The number of imidazole rings is 1. The van der Waals surface area contributed by atoms with Gasteiger partial charge in [-0.05, 0) is 79.1 Å². The number of carbonyl (C=O) groups excluding carboxylic acids is 1. The molecular weight excluding hydrogens is 615 g/mol. The van der Waals surface area contributed by atoms with Gasteiger partial charge in [0.2, 0.25) is 5.91 Å². The fraction of sp³-hybridized carbons (Fsp3) is 0.300. The summed E-state index contributed by atoms with van der Waals surface area (Å²) in [5.41, 5.74) is 8.98. The van der Waals surface area contributed by atoms with Crippen molar-refractivity contribution in [3.8, 4) is 22.5 Å². The van der Waals surface area contributed by atoms with Crippen molar-refractivity contribution >= 4 is 23.3 Å². The number of carbonyl (C=O) groups is 1. The Kier molecular flexibility index (Phi) is 9.43. The Morgan fingerprint density at radius 3 is 2.44 bits per heavy atom. The molecule has 7 rings (SSSR count). The Morgan fingerprint density at radius 2 is 1.69 bits per heavy atom. The molecule has 0 spiro atoms. The molecular formula is C40H41N5O2S. The highest BCUT2D eigenvalue weighted by molar-refractivity contribution is 7.99. The van der Waals surface area contributed by atoms with Crippen LogP contribution in [0.4, 0.5) is 0 Å². The first-order chi connectivity index (χ1) is 23.6. The topological polar surface area (TPSA) is 81.4 Å². The van der Waals surface area contributed by atoms with E-state index in [0.717, 1.165) is 95.5 Å². The van der Waals surface area contributed by atoms with Gasteiger partial charge in [-0.1, -0.05) is 90.8 Å². The van der Waals surface area contributed by atoms with Crippen molar-refractivity contribution in [1.82, 2.24) is 24.7 Å². The number of rotatable bonds is 13. The molecule has 244 valence electrons. The van der Waals surface area contributed by atoms with Crippen LogP contribution in [-0.4, -0.2) is 44.7 Å². The largest absolute Gasteiger partial charge is 0.501 e. The Balaban J connectivity index is 1.01. The molecule has 8 heteroatoms. The van der Waals surface area contributed by atoms with Crippen molar-refractivity contribution in [2.75, 3.05) is 19.4 Å². The van der Waals surface area contributed by atoms with E-state index in [1.165, 1.54) is 16.7 Å². The van der Waals surface area contributed by atoms with Crippen LogP contribution in [0.3, 0.4) is 0 Å². The summed E-state index contributed by atoms with van der Waals surface area (Å²) in [6.07, 6.45) is 14.5. The summed E-state index contributed by atoms with van der Waals surface area (Å²) in [5, 5.41) is 4.14. The zero-order chi connectivity index (χ0) is 32.9. The van der Waals surface area contributed by atoms with Gasteiger partial charge in [-0.15, -0.1) is 0 Å². The van der Waals surface area contributed by atoms with Crippen molar-refractivity contribution in [3.63, 3.8) is 0 Å². The van der Waals surface area contributed by atoms with E-state index in [1.54, 1.807) is 18.9 Å². The summed E-state index contributed by atoms with van der Waals surface area (Å²) in [4.78, 5) is 28.5. The van der Waals surface area contributed by atoms with E-state index in [4.69, 9.17) is 14.7 Å². The minimum Gasteiger partial charge on any atom is -0.501 e. The number of amides is 1. The molecule has 3 heterocycles. The number of ether oxygens (including phenoxy) is 1. The summed E-state index contributed by atoms with van der Waals surface area (Å²) < 4.78 is 7.47. The van der Waals surface area contributed by atoms with Crippen molar-refractivity contribution in [1.29, 1.82) is 0 Å². The summed E-state index contributed by atoms with van der Waals surface area (Å²) in [5.74, 6) is 2.03. The number of thioether (sulfide) groups is 1. The number of nitrogens with one attached hydrogen (secondary N) is 1. The Morgan fingerprint density at radius 1 is 0.917 bits per heavy atom. The lowest BCUT2D eigenvalue weighted by Crippen LogP contribution is -2.44. The van der Waals surface area contributed by atoms with Gasteiger partial charge in [0.05, 0.1) is 30.0 Å². The van der Waals surface area contributed by atoms with Crippen LogP contribution in [0.5, 0.6) is 0 Å². The minimum absolute atomic E-state index is 0.103. The third-order valence-corrected chi connectivity index (χ3v) is 10.6. The first-order valence-electron chi connectivity index (χ1n) is 16.9. The quantitative estimate of drug-likeness (QED) is 0.0779. The molecule has 0 unspecified atom stereocenters. The molecule has 1 N–H and O–H groups in total. The van der Waals surface area contributed by atoms with Gasteiger partial charge in [0, 0.05) is 31.1 Å². The maximum absolute atomic E-state index is 14.4. The molecule has 5 aromatic rings. The van der Waals surface area contributed by atoms with Gasteiger partial charge in [-0.3, -0.25) is 9.20 Å². The zero-order valence-corrected chi connectivity index (χ0v) is 28.4. The molecule has 2 aliphatic carbocycles. The van der Waals surface area contributed by atoms with Crippen LogP contribution in [0.15, 0.2) is 114 Å². The molecule has 0 saturated heterocycles. The van der Waals surface area contributed by atoms with E-state index in [0.29, 0.717) is 6.54 Å². The second kappa shape index (κ2) is 14.2. The number of pyridine rings is 1. The lowest BCUT2D eigenvalue weighted by atomic mass is 9.73. The van der Waals surface area contributed by atoms with E-state index < -0.39 is 5.41 Å². The molecule has 2 aliphatic rings. The van der Waals surface area contributed by atoms with Crippen molar-refractivity contribution in [2.24, 2.45) is 0 Å². The van der Waals surface area contributed by atoms with Gasteiger partial charge in [0.25, 0.3) is 0 Å². The van der Waals surface area contributed by atoms with E-state index in [2.05, 4.69) is 75.4 Å². The number of fused-ring (bicyclic) bond motifs is 4. The van der Waals surface area contributed by atoms with Crippen molar-refractivity contribution in [2.45, 2.75) is 62.4 Å². The smallest absolute Gasteiger partial charge is 0.235 e. The molecule has 0 saturated carbocycles. The van der Waals surface area contributed by atoms with E-state index in [-0.39, 0.29) is 5.91 Å². The number of allylic oxidation sites excluding steroid dienone is 3. The number of benzene rings is 2. The first-order valence-corrected chi connectivity index (χ1v) is 17.9. The second-order valence-electron chi connectivity index (χ2n) is 12.5. The first kappa shape index (κ1) is 31.9. The summed E-state index contributed by atoms with van der Waals surface area (Å²) >= 11 is 1.69. The lowest BCUT2D eigenvalue weighted by Gasteiger charge is -2.31. The van der Waals surface area contributed by atoms with Crippen LogP contribution in [0.2, 0.25) is 0 Å². The zero-order valence-electron chi connectivity index (χ0n) is 27.6. The number of hydrogen-bond acceptors (Lipinski definition) is 6. The number of aromatic nitrogens is 4. The molecule has 2 aromatic carbocycles. The highest BCUT2D eigenvalue weighted by Gasteiger charge is 2.48. The second-order valence-corrected chi connectivity index (χ2v) is 13.6. The van der Waals surface area contributed by atoms with Gasteiger partial charge < -0.3 is 10.1 Å². The van der Waals surface area contributed by atoms with Crippen molar-refractivity contribution < 1.29 is 9.53 Å². The van der Waals surface area contributed by atoms with Crippen LogP contribution in [0, 0.1) is 6.92 Å². The molecule has 0 atom stereocenters. The summed E-state index contributed by atoms with van der Waals surface area (Å²) in [6, 6.07) is 24.9. The summed E-state index contributed by atoms with van der Waals surface area (Å²) in [7, 11) is 1.72. The molecule has 0 bridgehead atoms. The third kappa shape index (κ3) is 6.17. The fourth-order valence-electron chi connectivity index (χ4n) is 7.28. The monoisotopic (exact) mass is 655 g/mol. The van der Waals surface area contributed by atoms with E-state index >= 15 is 0 Å². The van der Waals surface area contributed by atoms with Crippen LogP contribution < -0.4 is 5.32 Å². The third-order valence-electron chi connectivity index (χ3n) is 9.65. The maximum Gasteiger partial charge on any atom is 0.235 e. The van der Waals surface area contributed by atoms with Gasteiger partial charge >= 0.3 is 0 Å². The van der Waals surface area contributed by atoms with Crippen LogP contribution in [-0.2, 0) is 14.9 Å². The molecule has 7 nitrogen and oxygen atoms in total. The number of aryl methyl sites for hydroxylation is 1. The number of unbranched alkanes of at least 4 members (excludes halogenated alkanes) is 2. The molecule has 0 fully saturated rings. The molecule has 48 heavy (non-hydrogen) atoms. The van der Waals surface area contributed by atoms with Gasteiger partial charge in [0.1, 0.15) is 11.1 Å². The maximum atomic E-state index is 14.4. The fourth-order valence-corrected chi connectivity index (χ4v) is 8.11. The summed E-state index contributed by atoms with van der Waals surface area (Å²) in [6.45, 7) is 2.65. The Hall–Kier alpha value is -4.69. The standard InChI is InChI=1S/C40H41N5O2S/c1-28-37(45-26-10-8-16-36(45)43-28)35-22-25-42-39(44-35)48-27-11-3-9-23-40(38(46)41-24-21-29-17-19-30(47-2)20-18-29)33-14-6-4-12-31(33)32-13-5-7-15-34(32)40/h4-8,10,12-17,19,22,25-26H,3,9,11,18,20-21,23-24,27H2,1-2H3,(H,41,46). The minimum atomic E-state index is -0.701. The van der Waals surface area contributed by atoms with Gasteiger partial charge in [-0.2, -0.15) is 0 Å². The number of hydrogen-bond donors (Lipinski definition) is 1. The van der Waals surface area contributed by atoms with E-state index in [9.17, 15) is 4.79 Å². The molecule has 1 amide bonds. The highest BCUT2D eigenvalue weighted by atomic mass is 32.2.